The first-order valence-corrected chi connectivity index (χ1v) is 8.80. The molecule has 30 heavy (non-hydrogen) atoms. The van der Waals surface area contributed by atoms with Crippen molar-refractivity contribution < 1.29 is 18.0 Å². The van der Waals surface area contributed by atoms with Crippen molar-refractivity contribution >= 4 is 17.2 Å². The van der Waals surface area contributed by atoms with Gasteiger partial charge in [0.2, 0.25) is 0 Å². The van der Waals surface area contributed by atoms with Crippen LogP contribution in [-0.4, -0.2) is 20.5 Å². The van der Waals surface area contributed by atoms with Gasteiger partial charge in [-0.15, -0.1) is 0 Å². The van der Waals surface area contributed by atoms with Crippen LogP contribution in [0.3, 0.4) is 0 Å². The van der Waals surface area contributed by atoms with Crippen molar-refractivity contribution in [1.82, 2.24) is 14.6 Å². The molecule has 8 heteroatoms. The number of rotatable bonds is 2. The second-order valence-corrected chi connectivity index (χ2v) is 6.31. The molecule has 0 saturated carbocycles. The smallest absolute Gasteiger partial charge is 0.322 e. The van der Waals surface area contributed by atoms with Gasteiger partial charge in [-0.25, -0.2) is 9.50 Å². The number of amides is 1. The highest BCUT2D eigenvalue weighted by atomic mass is 19.4. The molecule has 1 amide bonds. The van der Waals surface area contributed by atoms with Crippen LogP contribution in [0, 0.1) is 11.8 Å². The van der Waals surface area contributed by atoms with Gasteiger partial charge in [0.15, 0.2) is 5.65 Å². The molecular formula is C22H13F3N4O. The number of halogens is 3. The fraction of sp³-hybridized carbons (Fsp3) is 0.0455. The molecule has 148 valence electrons. The molecule has 4 rings (SSSR count). The molecule has 1 N–H and O–H groups in total. The number of imidazole rings is 1. The fourth-order valence-electron chi connectivity index (χ4n) is 2.73. The summed E-state index contributed by atoms with van der Waals surface area (Å²) in [6.45, 7) is 0. The lowest BCUT2D eigenvalue weighted by atomic mass is 10.1. The lowest BCUT2D eigenvalue weighted by molar-refractivity contribution is -0.137. The Balaban J connectivity index is 1.52. The average Bonchev–Trinajstić information content (AvgIpc) is 3.20. The first kappa shape index (κ1) is 19.2. The van der Waals surface area contributed by atoms with Crippen molar-refractivity contribution in [2.45, 2.75) is 6.18 Å². The van der Waals surface area contributed by atoms with E-state index < -0.39 is 17.6 Å². The number of nitrogens with one attached hydrogen (secondary N) is 1. The molecule has 2 aromatic carbocycles. The van der Waals surface area contributed by atoms with Gasteiger partial charge in [0, 0.05) is 29.2 Å². The summed E-state index contributed by atoms with van der Waals surface area (Å²) in [5, 5.41) is 6.90. The van der Waals surface area contributed by atoms with Crippen LogP contribution in [-0.2, 0) is 6.18 Å². The standard InChI is InChI=1S/C22H13F3N4O/c23-22(24,25)17-5-2-4-16(14-17)21(30)27-19-6-1-3-15(13-19)7-8-18-9-10-20-26-11-12-29(20)28-18/h1-6,9-14H,(H,27,30). The van der Waals surface area contributed by atoms with Crippen LogP contribution in [0.15, 0.2) is 73.1 Å². The van der Waals surface area contributed by atoms with Gasteiger partial charge in [-0.2, -0.15) is 18.3 Å². The summed E-state index contributed by atoms with van der Waals surface area (Å²) in [4.78, 5) is 16.5. The lowest BCUT2D eigenvalue weighted by Gasteiger charge is -2.09. The van der Waals surface area contributed by atoms with Gasteiger partial charge in [-0.1, -0.05) is 18.1 Å². The molecule has 2 heterocycles. The molecule has 0 saturated heterocycles. The molecule has 0 atom stereocenters. The third-order valence-corrected chi connectivity index (χ3v) is 4.16. The zero-order valence-electron chi connectivity index (χ0n) is 15.3. The maximum Gasteiger partial charge on any atom is 0.416 e. The van der Waals surface area contributed by atoms with E-state index in [4.69, 9.17) is 0 Å². The van der Waals surface area contributed by atoms with E-state index in [-0.39, 0.29) is 5.56 Å². The van der Waals surface area contributed by atoms with Crippen molar-refractivity contribution in [1.29, 1.82) is 0 Å². The third kappa shape index (κ3) is 4.31. The van der Waals surface area contributed by atoms with Gasteiger partial charge in [0.05, 0.1) is 5.56 Å². The lowest BCUT2D eigenvalue weighted by Crippen LogP contribution is -2.14. The Bertz CT molecular complexity index is 1300. The quantitative estimate of drug-likeness (QED) is 0.502. The van der Waals surface area contributed by atoms with Gasteiger partial charge in [0.1, 0.15) is 5.69 Å². The largest absolute Gasteiger partial charge is 0.416 e. The molecular weight excluding hydrogens is 393 g/mol. The Labute approximate surface area is 169 Å². The minimum atomic E-state index is -4.51. The summed E-state index contributed by atoms with van der Waals surface area (Å²) < 4.78 is 40.1. The molecule has 2 aromatic heterocycles. The summed E-state index contributed by atoms with van der Waals surface area (Å²) in [6.07, 6.45) is -1.17. The van der Waals surface area contributed by atoms with Gasteiger partial charge < -0.3 is 5.32 Å². The molecule has 0 bridgehead atoms. The first-order valence-electron chi connectivity index (χ1n) is 8.80. The summed E-state index contributed by atoms with van der Waals surface area (Å²) in [7, 11) is 0. The first-order chi connectivity index (χ1) is 14.4. The van der Waals surface area contributed by atoms with E-state index in [2.05, 4.69) is 27.2 Å². The maximum absolute atomic E-state index is 12.8. The molecule has 0 aliphatic rings. The number of hydrogen-bond donors (Lipinski definition) is 1. The number of anilines is 1. The second-order valence-electron chi connectivity index (χ2n) is 6.31. The van der Waals surface area contributed by atoms with Gasteiger partial charge in [0.25, 0.3) is 5.91 Å². The number of carbonyl (C=O) groups excluding carboxylic acids is 1. The highest BCUT2D eigenvalue weighted by Gasteiger charge is 2.30. The third-order valence-electron chi connectivity index (χ3n) is 4.16. The number of aromatic nitrogens is 3. The van der Waals surface area contributed by atoms with E-state index >= 15 is 0 Å². The van der Waals surface area contributed by atoms with Gasteiger partial charge in [-0.05, 0) is 54.5 Å². The Kier molecular flexibility index (Phi) is 4.94. The molecule has 4 aromatic rings. The number of nitrogens with zero attached hydrogens (tertiary/aromatic N) is 3. The van der Waals surface area contributed by atoms with Gasteiger partial charge >= 0.3 is 6.18 Å². The molecule has 0 aliphatic heterocycles. The van der Waals surface area contributed by atoms with E-state index in [9.17, 15) is 18.0 Å². The highest BCUT2D eigenvalue weighted by Crippen LogP contribution is 2.29. The number of benzene rings is 2. The van der Waals surface area contributed by atoms with Gasteiger partial charge in [-0.3, -0.25) is 4.79 Å². The topological polar surface area (TPSA) is 59.3 Å². The van der Waals surface area contributed by atoms with Crippen molar-refractivity contribution in [3.63, 3.8) is 0 Å². The minimum absolute atomic E-state index is 0.0841. The van der Waals surface area contributed by atoms with Crippen molar-refractivity contribution in [3.05, 3.63) is 95.4 Å². The molecule has 0 radical (unpaired) electrons. The monoisotopic (exact) mass is 406 g/mol. The van der Waals surface area contributed by atoms with Crippen molar-refractivity contribution in [3.8, 4) is 11.8 Å². The fourth-order valence-corrected chi connectivity index (χ4v) is 2.73. The Morgan fingerprint density at radius 1 is 1.00 bits per heavy atom. The molecule has 0 unspecified atom stereocenters. The van der Waals surface area contributed by atoms with Crippen LogP contribution in [0.25, 0.3) is 5.65 Å². The SMILES string of the molecule is O=C(Nc1cccc(C#Cc2ccc3nccn3n2)c1)c1cccc(C(F)(F)F)c1. The van der Waals surface area contributed by atoms with E-state index in [1.807, 2.05) is 0 Å². The Morgan fingerprint density at radius 2 is 1.83 bits per heavy atom. The normalized spacial score (nSPS) is 11.0. The van der Waals surface area contributed by atoms with Crippen LogP contribution >= 0.6 is 0 Å². The van der Waals surface area contributed by atoms with Crippen LogP contribution in [0.5, 0.6) is 0 Å². The zero-order chi connectivity index (χ0) is 21.1. The van der Waals surface area contributed by atoms with Crippen molar-refractivity contribution in [2.24, 2.45) is 0 Å². The number of fused-ring (bicyclic) bond motifs is 1. The summed E-state index contributed by atoms with van der Waals surface area (Å²) in [5.74, 6) is 5.25. The van der Waals surface area contributed by atoms with E-state index in [1.54, 1.807) is 53.3 Å². The average molecular weight is 406 g/mol. The summed E-state index contributed by atoms with van der Waals surface area (Å²) in [6, 6.07) is 14.5. The maximum atomic E-state index is 12.8. The Morgan fingerprint density at radius 3 is 2.67 bits per heavy atom. The minimum Gasteiger partial charge on any atom is -0.322 e. The van der Waals surface area contributed by atoms with Crippen LogP contribution < -0.4 is 5.32 Å². The summed E-state index contributed by atoms with van der Waals surface area (Å²) in [5.41, 5.74) is 1.32. The Hall–Kier alpha value is -4.12. The van der Waals surface area contributed by atoms with E-state index in [0.717, 1.165) is 12.1 Å². The number of alkyl halides is 3. The van der Waals surface area contributed by atoms with E-state index in [1.165, 1.54) is 12.1 Å². The predicted octanol–water partition coefficient (Wildman–Crippen LogP) is 4.40. The number of hydrogen-bond acceptors (Lipinski definition) is 3. The summed E-state index contributed by atoms with van der Waals surface area (Å²) >= 11 is 0. The van der Waals surface area contributed by atoms with Crippen LogP contribution in [0.1, 0.15) is 27.2 Å². The second kappa shape index (κ2) is 7.72. The van der Waals surface area contributed by atoms with Crippen LogP contribution in [0.4, 0.5) is 18.9 Å². The number of carbonyl (C=O) groups is 1. The van der Waals surface area contributed by atoms with Crippen molar-refractivity contribution in [2.75, 3.05) is 5.32 Å². The molecule has 5 nitrogen and oxygen atoms in total. The predicted molar refractivity (Wildman–Crippen MR) is 105 cm³/mol. The molecule has 0 spiro atoms. The molecule has 0 aliphatic carbocycles. The van der Waals surface area contributed by atoms with Crippen LogP contribution in [0.2, 0.25) is 0 Å². The highest BCUT2D eigenvalue weighted by molar-refractivity contribution is 6.04. The van der Waals surface area contributed by atoms with E-state index in [0.29, 0.717) is 22.6 Å². The molecule has 0 fully saturated rings. The zero-order valence-corrected chi connectivity index (χ0v) is 15.3.